The number of likely N-dealkylation sites (N-methyl/N-ethyl adjacent to an activating group) is 1. The maximum Gasteiger partial charge on any atom is 0.0364 e. The third-order valence-corrected chi connectivity index (χ3v) is 4.06. The SMILES string of the molecule is CN(CCNc1cccc(-c2cccc(N)c2)c1)c1ccccc1. The Balaban J connectivity index is 1.61. The maximum atomic E-state index is 5.88. The highest BCUT2D eigenvalue weighted by atomic mass is 15.1. The molecule has 3 aromatic carbocycles. The Morgan fingerprint density at radius 3 is 2.29 bits per heavy atom. The fourth-order valence-electron chi connectivity index (χ4n) is 2.71. The van der Waals surface area contributed by atoms with Crippen molar-refractivity contribution < 1.29 is 0 Å². The molecule has 3 nitrogen and oxygen atoms in total. The fourth-order valence-corrected chi connectivity index (χ4v) is 2.71. The van der Waals surface area contributed by atoms with Gasteiger partial charge in [-0.3, -0.25) is 0 Å². The van der Waals surface area contributed by atoms with Crippen molar-refractivity contribution in [2.75, 3.05) is 36.1 Å². The number of nitrogens with two attached hydrogens (primary N) is 1. The summed E-state index contributed by atoms with van der Waals surface area (Å²) in [6.07, 6.45) is 0. The van der Waals surface area contributed by atoms with Crippen LogP contribution < -0.4 is 16.0 Å². The van der Waals surface area contributed by atoms with Gasteiger partial charge >= 0.3 is 0 Å². The Morgan fingerprint density at radius 1 is 0.833 bits per heavy atom. The van der Waals surface area contributed by atoms with E-state index < -0.39 is 0 Å². The second-order valence-corrected chi connectivity index (χ2v) is 5.89. The van der Waals surface area contributed by atoms with Crippen LogP contribution in [-0.4, -0.2) is 20.1 Å². The zero-order chi connectivity index (χ0) is 16.8. The van der Waals surface area contributed by atoms with Gasteiger partial charge in [-0.15, -0.1) is 0 Å². The summed E-state index contributed by atoms with van der Waals surface area (Å²) in [6, 6.07) is 26.8. The van der Waals surface area contributed by atoms with Crippen molar-refractivity contribution in [3.05, 3.63) is 78.9 Å². The van der Waals surface area contributed by atoms with Crippen LogP contribution >= 0.6 is 0 Å². The molecule has 0 unspecified atom stereocenters. The van der Waals surface area contributed by atoms with Gasteiger partial charge in [-0.1, -0.05) is 42.5 Å². The molecule has 0 aliphatic carbocycles. The van der Waals surface area contributed by atoms with Crippen molar-refractivity contribution in [1.29, 1.82) is 0 Å². The molecule has 24 heavy (non-hydrogen) atoms. The molecule has 0 spiro atoms. The summed E-state index contributed by atoms with van der Waals surface area (Å²) in [7, 11) is 2.11. The average Bonchev–Trinajstić information content (AvgIpc) is 2.63. The topological polar surface area (TPSA) is 41.3 Å². The first-order chi connectivity index (χ1) is 11.7. The molecule has 0 fully saturated rings. The van der Waals surface area contributed by atoms with Gasteiger partial charge in [0.2, 0.25) is 0 Å². The highest BCUT2D eigenvalue weighted by Crippen LogP contribution is 2.24. The third-order valence-electron chi connectivity index (χ3n) is 4.06. The van der Waals surface area contributed by atoms with E-state index in [1.54, 1.807) is 0 Å². The van der Waals surface area contributed by atoms with E-state index in [1.165, 1.54) is 11.3 Å². The predicted octanol–water partition coefficient (Wildman–Crippen LogP) is 4.48. The molecule has 3 aromatic rings. The summed E-state index contributed by atoms with van der Waals surface area (Å²) in [5.41, 5.74) is 11.3. The lowest BCUT2D eigenvalue weighted by Gasteiger charge is -2.20. The Labute approximate surface area is 143 Å². The maximum absolute atomic E-state index is 5.88. The first-order valence-corrected chi connectivity index (χ1v) is 8.18. The molecule has 0 bridgehead atoms. The van der Waals surface area contributed by atoms with Crippen LogP contribution in [0.5, 0.6) is 0 Å². The van der Waals surface area contributed by atoms with Crippen molar-refractivity contribution in [1.82, 2.24) is 0 Å². The molecule has 0 atom stereocenters. The van der Waals surface area contributed by atoms with Gasteiger partial charge in [0.1, 0.15) is 0 Å². The van der Waals surface area contributed by atoms with E-state index in [4.69, 9.17) is 5.73 Å². The molecule has 0 aliphatic rings. The summed E-state index contributed by atoms with van der Waals surface area (Å²) in [4.78, 5) is 2.24. The number of benzene rings is 3. The van der Waals surface area contributed by atoms with Crippen molar-refractivity contribution in [3.63, 3.8) is 0 Å². The molecule has 0 heterocycles. The molecule has 3 rings (SSSR count). The van der Waals surface area contributed by atoms with E-state index >= 15 is 0 Å². The molecular formula is C21H23N3. The van der Waals surface area contributed by atoms with E-state index in [1.807, 2.05) is 24.3 Å². The van der Waals surface area contributed by atoms with Gasteiger partial charge in [-0.05, 0) is 47.5 Å². The van der Waals surface area contributed by atoms with Gasteiger partial charge in [-0.25, -0.2) is 0 Å². The first kappa shape index (κ1) is 15.9. The van der Waals surface area contributed by atoms with Crippen LogP contribution in [0.4, 0.5) is 17.1 Å². The number of anilines is 3. The number of rotatable bonds is 6. The minimum atomic E-state index is 0.787. The molecule has 3 N–H and O–H groups in total. The van der Waals surface area contributed by atoms with E-state index in [2.05, 4.69) is 71.9 Å². The lowest BCUT2D eigenvalue weighted by atomic mass is 10.0. The predicted molar refractivity (Wildman–Crippen MR) is 104 cm³/mol. The quantitative estimate of drug-likeness (QED) is 0.658. The van der Waals surface area contributed by atoms with Crippen molar-refractivity contribution in [2.45, 2.75) is 0 Å². The van der Waals surface area contributed by atoms with E-state index in [9.17, 15) is 0 Å². The average molecular weight is 317 g/mol. The normalized spacial score (nSPS) is 10.4. The minimum absolute atomic E-state index is 0.787. The molecule has 122 valence electrons. The summed E-state index contributed by atoms with van der Waals surface area (Å²) in [5.74, 6) is 0. The van der Waals surface area contributed by atoms with E-state index in [0.29, 0.717) is 0 Å². The summed E-state index contributed by atoms with van der Waals surface area (Å²) >= 11 is 0. The number of nitrogens with one attached hydrogen (secondary N) is 1. The summed E-state index contributed by atoms with van der Waals surface area (Å²) in [5, 5.41) is 3.50. The number of nitrogens with zero attached hydrogens (tertiary/aromatic N) is 1. The van der Waals surface area contributed by atoms with Gasteiger partial charge in [0.05, 0.1) is 0 Å². The lowest BCUT2D eigenvalue weighted by molar-refractivity contribution is 0.915. The minimum Gasteiger partial charge on any atom is -0.399 e. The van der Waals surface area contributed by atoms with Crippen LogP contribution in [0.1, 0.15) is 0 Å². The lowest BCUT2D eigenvalue weighted by Crippen LogP contribution is -2.24. The van der Waals surface area contributed by atoms with Crippen LogP contribution in [0.3, 0.4) is 0 Å². The number of nitrogen functional groups attached to an aromatic ring is 1. The highest BCUT2D eigenvalue weighted by molar-refractivity contribution is 5.70. The Hall–Kier alpha value is -2.94. The van der Waals surface area contributed by atoms with Crippen molar-refractivity contribution in [3.8, 4) is 11.1 Å². The Morgan fingerprint density at radius 2 is 1.54 bits per heavy atom. The highest BCUT2D eigenvalue weighted by Gasteiger charge is 2.02. The Kier molecular flexibility index (Phi) is 5.02. The largest absolute Gasteiger partial charge is 0.399 e. The second-order valence-electron chi connectivity index (χ2n) is 5.89. The van der Waals surface area contributed by atoms with E-state index in [0.717, 1.165) is 30.0 Å². The smallest absolute Gasteiger partial charge is 0.0364 e. The number of hydrogen-bond acceptors (Lipinski definition) is 3. The molecule has 0 aromatic heterocycles. The monoisotopic (exact) mass is 317 g/mol. The van der Waals surface area contributed by atoms with Crippen molar-refractivity contribution in [2.24, 2.45) is 0 Å². The van der Waals surface area contributed by atoms with Crippen molar-refractivity contribution >= 4 is 17.1 Å². The van der Waals surface area contributed by atoms with Gasteiger partial charge < -0.3 is 16.0 Å². The standard InChI is InChI=1S/C21H23N3/c1-24(21-11-3-2-4-12-21)14-13-23-20-10-6-8-18(16-20)17-7-5-9-19(22)15-17/h2-12,15-16,23H,13-14,22H2,1H3. The van der Waals surface area contributed by atoms with Crippen LogP contribution in [-0.2, 0) is 0 Å². The molecule has 0 saturated heterocycles. The number of hydrogen-bond donors (Lipinski definition) is 2. The fraction of sp³-hybridized carbons (Fsp3) is 0.143. The molecular weight excluding hydrogens is 294 g/mol. The summed E-state index contributed by atoms with van der Waals surface area (Å²) in [6.45, 7) is 1.82. The number of para-hydroxylation sites is 1. The molecule has 0 radical (unpaired) electrons. The zero-order valence-electron chi connectivity index (χ0n) is 13.9. The molecule has 0 aliphatic heterocycles. The van der Waals surface area contributed by atoms with Crippen LogP contribution in [0, 0.1) is 0 Å². The van der Waals surface area contributed by atoms with Gasteiger partial charge in [0.25, 0.3) is 0 Å². The second kappa shape index (κ2) is 7.55. The van der Waals surface area contributed by atoms with Gasteiger partial charge in [-0.2, -0.15) is 0 Å². The summed E-state index contributed by atoms with van der Waals surface area (Å²) < 4.78 is 0. The molecule has 3 heteroatoms. The first-order valence-electron chi connectivity index (χ1n) is 8.18. The van der Waals surface area contributed by atoms with Crippen LogP contribution in [0.15, 0.2) is 78.9 Å². The molecule has 0 amide bonds. The van der Waals surface area contributed by atoms with E-state index in [-0.39, 0.29) is 0 Å². The van der Waals surface area contributed by atoms with Gasteiger partial charge in [0, 0.05) is 37.2 Å². The Bertz CT molecular complexity index is 784. The molecule has 0 saturated carbocycles. The van der Waals surface area contributed by atoms with Crippen LogP contribution in [0.25, 0.3) is 11.1 Å². The van der Waals surface area contributed by atoms with Crippen LogP contribution in [0.2, 0.25) is 0 Å². The van der Waals surface area contributed by atoms with Gasteiger partial charge in [0.15, 0.2) is 0 Å². The third kappa shape index (κ3) is 4.07. The zero-order valence-corrected chi connectivity index (χ0v) is 13.9.